The fourth-order valence-electron chi connectivity index (χ4n) is 0.583. The molecule has 0 fully saturated rings. The minimum atomic E-state index is -0.829. The molecule has 64 valence electrons. The van der Waals surface area contributed by atoms with Crippen LogP contribution in [-0.4, -0.2) is 21.8 Å². The normalized spacial score (nSPS) is 9.75. The van der Waals surface area contributed by atoms with Crippen molar-refractivity contribution < 1.29 is 9.90 Å². The SMILES string of the molecule is O=C(O)CSc1ccc(Br)cn1. The second-order valence-electron chi connectivity index (χ2n) is 2.00. The maximum absolute atomic E-state index is 10.2. The minimum absolute atomic E-state index is 0.0502. The second kappa shape index (κ2) is 4.47. The highest BCUT2D eigenvalue weighted by molar-refractivity contribution is 9.10. The van der Waals surface area contributed by atoms with Crippen molar-refractivity contribution in [2.45, 2.75) is 5.03 Å². The number of nitrogens with zero attached hydrogens (tertiary/aromatic N) is 1. The van der Waals surface area contributed by atoms with E-state index in [4.69, 9.17) is 5.11 Å². The Labute approximate surface area is 82.3 Å². The molecule has 0 aliphatic heterocycles. The lowest BCUT2D eigenvalue weighted by atomic mass is 10.5. The number of hydrogen-bond acceptors (Lipinski definition) is 3. The van der Waals surface area contributed by atoms with Crippen LogP contribution in [0.4, 0.5) is 0 Å². The summed E-state index contributed by atoms with van der Waals surface area (Å²) in [4.78, 5) is 14.2. The number of aromatic nitrogens is 1. The van der Waals surface area contributed by atoms with Gasteiger partial charge in [0.2, 0.25) is 0 Å². The van der Waals surface area contributed by atoms with E-state index < -0.39 is 5.97 Å². The van der Waals surface area contributed by atoms with E-state index in [0.29, 0.717) is 0 Å². The molecular weight excluding hydrogens is 242 g/mol. The molecule has 3 nitrogen and oxygen atoms in total. The highest BCUT2D eigenvalue weighted by Crippen LogP contribution is 2.16. The molecule has 12 heavy (non-hydrogen) atoms. The number of thioether (sulfide) groups is 1. The van der Waals surface area contributed by atoms with Crippen LogP contribution in [0.1, 0.15) is 0 Å². The van der Waals surface area contributed by atoms with Crippen LogP contribution >= 0.6 is 27.7 Å². The van der Waals surface area contributed by atoms with Crippen LogP contribution in [0, 0.1) is 0 Å². The summed E-state index contributed by atoms with van der Waals surface area (Å²) in [6.07, 6.45) is 1.64. The first kappa shape index (κ1) is 9.54. The summed E-state index contributed by atoms with van der Waals surface area (Å²) in [6, 6.07) is 3.61. The number of pyridine rings is 1. The number of carbonyl (C=O) groups is 1. The summed E-state index contributed by atoms with van der Waals surface area (Å²) < 4.78 is 0.891. The van der Waals surface area contributed by atoms with Crippen molar-refractivity contribution in [2.24, 2.45) is 0 Å². The van der Waals surface area contributed by atoms with E-state index in [1.54, 1.807) is 12.3 Å². The third kappa shape index (κ3) is 3.23. The zero-order valence-corrected chi connectivity index (χ0v) is 8.43. The number of halogens is 1. The van der Waals surface area contributed by atoms with Gasteiger partial charge in [0.15, 0.2) is 0 Å². The van der Waals surface area contributed by atoms with E-state index in [-0.39, 0.29) is 5.75 Å². The Hall–Kier alpha value is -0.550. The zero-order chi connectivity index (χ0) is 8.97. The Bertz CT molecular complexity index is 275. The lowest BCUT2D eigenvalue weighted by molar-refractivity contribution is -0.133. The van der Waals surface area contributed by atoms with E-state index in [1.165, 1.54) is 11.8 Å². The predicted molar refractivity (Wildman–Crippen MR) is 50.3 cm³/mol. The van der Waals surface area contributed by atoms with Crippen LogP contribution in [0.3, 0.4) is 0 Å². The average Bonchev–Trinajstić information content (AvgIpc) is 2.03. The molecule has 1 heterocycles. The van der Waals surface area contributed by atoms with Crippen LogP contribution < -0.4 is 0 Å². The number of hydrogen-bond donors (Lipinski definition) is 1. The summed E-state index contributed by atoms with van der Waals surface area (Å²) in [6.45, 7) is 0. The summed E-state index contributed by atoms with van der Waals surface area (Å²) in [5, 5.41) is 9.09. The summed E-state index contributed by atoms with van der Waals surface area (Å²) in [7, 11) is 0. The van der Waals surface area contributed by atoms with Gasteiger partial charge in [-0.15, -0.1) is 0 Å². The van der Waals surface area contributed by atoms with E-state index in [9.17, 15) is 4.79 Å². The van der Waals surface area contributed by atoms with Crippen molar-refractivity contribution in [2.75, 3.05) is 5.75 Å². The molecule has 1 aromatic rings. The van der Waals surface area contributed by atoms with E-state index in [1.807, 2.05) is 6.07 Å². The van der Waals surface area contributed by atoms with Gasteiger partial charge in [-0.3, -0.25) is 4.79 Å². The van der Waals surface area contributed by atoms with E-state index in [2.05, 4.69) is 20.9 Å². The molecule has 0 aliphatic carbocycles. The average molecular weight is 248 g/mol. The molecule has 0 bridgehead atoms. The number of carboxylic acid groups (broad SMARTS) is 1. The summed E-state index contributed by atoms with van der Waals surface area (Å²) >= 11 is 4.44. The molecule has 0 atom stereocenters. The molecule has 1 N–H and O–H groups in total. The molecule has 1 rings (SSSR count). The van der Waals surface area contributed by atoms with Crippen LogP contribution in [0.5, 0.6) is 0 Å². The first-order valence-electron chi connectivity index (χ1n) is 3.14. The van der Waals surface area contributed by atoms with E-state index >= 15 is 0 Å². The zero-order valence-electron chi connectivity index (χ0n) is 6.03. The molecule has 0 spiro atoms. The topological polar surface area (TPSA) is 50.2 Å². The van der Waals surface area contributed by atoms with Crippen molar-refractivity contribution in [3.05, 3.63) is 22.8 Å². The largest absolute Gasteiger partial charge is 0.481 e. The number of aliphatic carboxylic acids is 1. The van der Waals surface area contributed by atoms with Crippen molar-refractivity contribution in [1.82, 2.24) is 4.98 Å². The number of carboxylic acids is 1. The molecule has 0 aromatic carbocycles. The lowest BCUT2D eigenvalue weighted by Crippen LogP contribution is -1.97. The maximum Gasteiger partial charge on any atom is 0.313 e. The van der Waals surface area contributed by atoms with Gasteiger partial charge >= 0.3 is 5.97 Å². The Morgan fingerprint density at radius 2 is 2.42 bits per heavy atom. The van der Waals surface area contributed by atoms with E-state index in [0.717, 1.165) is 9.50 Å². The van der Waals surface area contributed by atoms with Crippen LogP contribution in [0.2, 0.25) is 0 Å². The maximum atomic E-state index is 10.2. The van der Waals surface area contributed by atoms with Gasteiger partial charge in [0.25, 0.3) is 0 Å². The van der Waals surface area contributed by atoms with Crippen LogP contribution in [-0.2, 0) is 4.79 Å². The van der Waals surface area contributed by atoms with Gasteiger partial charge in [0.1, 0.15) is 0 Å². The molecule has 0 unspecified atom stereocenters. The Kier molecular flexibility index (Phi) is 3.55. The van der Waals surface area contributed by atoms with Crippen LogP contribution in [0.15, 0.2) is 27.8 Å². The van der Waals surface area contributed by atoms with Gasteiger partial charge in [0.05, 0.1) is 10.8 Å². The van der Waals surface area contributed by atoms with Gasteiger partial charge < -0.3 is 5.11 Å². The standard InChI is InChI=1S/C7H6BrNO2S/c8-5-1-2-6(9-3-5)12-4-7(10)11/h1-3H,4H2,(H,10,11). The quantitative estimate of drug-likeness (QED) is 0.831. The molecule has 0 amide bonds. The van der Waals surface area contributed by atoms with Gasteiger partial charge in [-0.2, -0.15) is 0 Å². The molecule has 0 saturated heterocycles. The minimum Gasteiger partial charge on any atom is -0.481 e. The molecular formula is C7H6BrNO2S. The van der Waals surface area contributed by atoms with Gasteiger partial charge in [-0.1, -0.05) is 11.8 Å². The van der Waals surface area contributed by atoms with Crippen molar-refractivity contribution in [1.29, 1.82) is 0 Å². The van der Waals surface area contributed by atoms with Gasteiger partial charge in [-0.25, -0.2) is 4.98 Å². The monoisotopic (exact) mass is 247 g/mol. The van der Waals surface area contributed by atoms with Crippen molar-refractivity contribution in [3.63, 3.8) is 0 Å². The molecule has 0 radical (unpaired) electrons. The lowest BCUT2D eigenvalue weighted by Gasteiger charge is -1.96. The Balaban J connectivity index is 2.53. The first-order valence-corrected chi connectivity index (χ1v) is 4.92. The highest BCUT2D eigenvalue weighted by atomic mass is 79.9. The number of rotatable bonds is 3. The van der Waals surface area contributed by atoms with Gasteiger partial charge in [-0.05, 0) is 28.1 Å². The summed E-state index contributed by atoms with van der Waals surface area (Å²) in [5.41, 5.74) is 0. The molecule has 1 aromatic heterocycles. The molecule has 0 aliphatic rings. The Morgan fingerprint density at radius 1 is 1.67 bits per heavy atom. The first-order chi connectivity index (χ1) is 5.68. The van der Waals surface area contributed by atoms with Crippen molar-refractivity contribution in [3.8, 4) is 0 Å². The Morgan fingerprint density at radius 3 is 2.92 bits per heavy atom. The predicted octanol–water partition coefficient (Wildman–Crippen LogP) is 2.02. The smallest absolute Gasteiger partial charge is 0.313 e. The molecule has 0 saturated carbocycles. The second-order valence-corrected chi connectivity index (χ2v) is 3.91. The van der Waals surface area contributed by atoms with Gasteiger partial charge in [0, 0.05) is 10.7 Å². The summed E-state index contributed by atoms with van der Waals surface area (Å²) in [5.74, 6) is -0.779. The fourth-order valence-corrected chi connectivity index (χ4v) is 1.38. The fraction of sp³-hybridized carbons (Fsp3) is 0.143. The van der Waals surface area contributed by atoms with Crippen LogP contribution in [0.25, 0.3) is 0 Å². The third-order valence-corrected chi connectivity index (χ3v) is 2.44. The third-order valence-electron chi connectivity index (χ3n) is 1.04. The highest BCUT2D eigenvalue weighted by Gasteiger charge is 1.99. The molecule has 5 heteroatoms. The van der Waals surface area contributed by atoms with Crippen molar-refractivity contribution >= 4 is 33.7 Å².